The minimum absolute atomic E-state index is 0. The summed E-state index contributed by atoms with van der Waals surface area (Å²) in [5.74, 6) is 1.33. The lowest BCUT2D eigenvalue weighted by atomic mass is 10.1. The van der Waals surface area contributed by atoms with Crippen LogP contribution in [0.15, 0.2) is 35.6 Å². The third kappa shape index (κ3) is 7.49. The molecular formula is C21H31FIN5O. The second-order valence-electron chi connectivity index (χ2n) is 7.44. The van der Waals surface area contributed by atoms with E-state index in [4.69, 9.17) is 4.74 Å². The van der Waals surface area contributed by atoms with Crippen molar-refractivity contribution in [3.05, 3.63) is 47.5 Å². The van der Waals surface area contributed by atoms with Crippen LogP contribution in [0, 0.1) is 11.7 Å². The van der Waals surface area contributed by atoms with Crippen LogP contribution in [0.2, 0.25) is 0 Å². The Hall–Kier alpha value is -1.84. The van der Waals surface area contributed by atoms with E-state index in [0.717, 1.165) is 24.9 Å². The molecule has 1 fully saturated rings. The molecule has 2 aromatic rings. The highest BCUT2D eigenvalue weighted by Gasteiger charge is 2.22. The van der Waals surface area contributed by atoms with Gasteiger partial charge in [-0.1, -0.05) is 6.07 Å². The van der Waals surface area contributed by atoms with Gasteiger partial charge in [0, 0.05) is 26.8 Å². The Kier molecular flexibility index (Phi) is 9.19. The number of nitrogens with zero attached hydrogens (tertiary/aromatic N) is 3. The van der Waals surface area contributed by atoms with Gasteiger partial charge in [-0.05, 0) is 61.8 Å². The summed E-state index contributed by atoms with van der Waals surface area (Å²) in [4.78, 5) is 4.26. The fraction of sp³-hybridized carbons (Fsp3) is 0.524. The summed E-state index contributed by atoms with van der Waals surface area (Å²) in [5, 5.41) is 10.8. The second-order valence-corrected chi connectivity index (χ2v) is 7.44. The molecule has 6 nitrogen and oxygen atoms in total. The average Bonchev–Trinajstić information content (AvgIpc) is 3.42. The van der Waals surface area contributed by atoms with Gasteiger partial charge in [0.25, 0.3) is 0 Å². The third-order valence-corrected chi connectivity index (χ3v) is 4.90. The molecule has 0 spiro atoms. The van der Waals surface area contributed by atoms with Crippen LogP contribution < -0.4 is 15.4 Å². The molecule has 2 N–H and O–H groups in total. The van der Waals surface area contributed by atoms with E-state index in [1.807, 2.05) is 37.1 Å². The molecule has 1 saturated carbocycles. The van der Waals surface area contributed by atoms with Gasteiger partial charge >= 0.3 is 0 Å². The number of hydrogen-bond donors (Lipinski definition) is 2. The second kappa shape index (κ2) is 11.4. The molecule has 0 amide bonds. The van der Waals surface area contributed by atoms with Crippen LogP contribution in [0.5, 0.6) is 5.75 Å². The Morgan fingerprint density at radius 1 is 1.41 bits per heavy atom. The number of hydrogen-bond acceptors (Lipinski definition) is 3. The zero-order chi connectivity index (χ0) is 19.9. The zero-order valence-corrected chi connectivity index (χ0v) is 19.7. The minimum Gasteiger partial charge on any atom is -0.490 e. The number of ether oxygens (including phenoxy) is 1. The van der Waals surface area contributed by atoms with Gasteiger partial charge in [-0.2, -0.15) is 5.10 Å². The summed E-state index contributed by atoms with van der Waals surface area (Å²) in [6.45, 7) is 3.39. The van der Waals surface area contributed by atoms with Gasteiger partial charge in [0.15, 0.2) is 17.5 Å². The molecule has 0 aliphatic heterocycles. The molecule has 1 atom stereocenters. The molecule has 1 aliphatic carbocycles. The Morgan fingerprint density at radius 3 is 2.83 bits per heavy atom. The van der Waals surface area contributed by atoms with Crippen molar-refractivity contribution < 1.29 is 9.13 Å². The number of halogens is 2. The Balaban J connectivity index is 0.00000300. The first-order chi connectivity index (χ1) is 13.5. The molecule has 0 radical (unpaired) electrons. The molecule has 8 heteroatoms. The largest absolute Gasteiger partial charge is 0.490 e. The molecule has 1 unspecified atom stereocenters. The van der Waals surface area contributed by atoms with Crippen LogP contribution in [-0.4, -0.2) is 35.9 Å². The molecule has 1 aromatic carbocycles. The Morgan fingerprint density at radius 2 is 2.21 bits per heavy atom. The van der Waals surface area contributed by atoms with Crippen molar-refractivity contribution in [2.45, 2.75) is 38.6 Å². The van der Waals surface area contributed by atoms with Gasteiger partial charge in [0.1, 0.15) is 0 Å². The predicted molar refractivity (Wildman–Crippen MR) is 124 cm³/mol. The molecule has 3 rings (SSSR count). The van der Waals surface area contributed by atoms with Crippen LogP contribution in [-0.2, 0) is 13.5 Å². The quantitative estimate of drug-likeness (QED) is 0.231. The minimum atomic E-state index is -0.314. The van der Waals surface area contributed by atoms with Crippen molar-refractivity contribution in [2.75, 3.05) is 20.2 Å². The van der Waals surface area contributed by atoms with Gasteiger partial charge in [-0.25, -0.2) is 4.39 Å². The van der Waals surface area contributed by atoms with Crippen molar-refractivity contribution in [1.82, 2.24) is 20.4 Å². The Labute approximate surface area is 189 Å². The van der Waals surface area contributed by atoms with E-state index in [9.17, 15) is 4.39 Å². The lowest BCUT2D eigenvalue weighted by Gasteiger charge is -2.19. The molecule has 1 aliphatic rings. The summed E-state index contributed by atoms with van der Waals surface area (Å²) in [5.41, 5.74) is 2.08. The highest BCUT2D eigenvalue weighted by molar-refractivity contribution is 14.0. The van der Waals surface area contributed by atoms with Crippen LogP contribution in [0.4, 0.5) is 4.39 Å². The number of guanidine groups is 1. The smallest absolute Gasteiger partial charge is 0.191 e. The zero-order valence-electron chi connectivity index (χ0n) is 17.3. The van der Waals surface area contributed by atoms with Crippen LogP contribution >= 0.6 is 24.0 Å². The maximum Gasteiger partial charge on any atom is 0.191 e. The summed E-state index contributed by atoms with van der Waals surface area (Å²) >= 11 is 0. The number of nitrogens with one attached hydrogen (secondary N) is 2. The number of benzene rings is 1. The average molecular weight is 515 g/mol. The van der Waals surface area contributed by atoms with Crippen molar-refractivity contribution in [3.63, 3.8) is 0 Å². The molecular weight excluding hydrogens is 484 g/mol. The van der Waals surface area contributed by atoms with Gasteiger partial charge in [0.2, 0.25) is 0 Å². The first-order valence-electron chi connectivity index (χ1n) is 9.92. The number of aryl methyl sites for hydroxylation is 2. The number of rotatable bonds is 9. The lowest BCUT2D eigenvalue weighted by molar-refractivity contribution is 0.285. The van der Waals surface area contributed by atoms with Crippen LogP contribution in [0.3, 0.4) is 0 Å². The Bertz CT molecular complexity index is 806. The van der Waals surface area contributed by atoms with Gasteiger partial charge in [-0.3, -0.25) is 9.67 Å². The van der Waals surface area contributed by atoms with Crippen molar-refractivity contribution in [1.29, 1.82) is 0 Å². The highest BCUT2D eigenvalue weighted by atomic mass is 127. The monoisotopic (exact) mass is 515 g/mol. The summed E-state index contributed by atoms with van der Waals surface area (Å²) in [7, 11) is 3.65. The predicted octanol–water partition coefficient (Wildman–Crippen LogP) is 3.82. The molecule has 0 saturated heterocycles. The fourth-order valence-electron chi connectivity index (χ4n) is 2.98. The van der Waals surface area contributed by atoms with E-state index in [2.05, 4.69) is 20.7 Å². The maximum atomic E-state index is 14.3. The van der Waals surface area contributed by atoms with E-state index in [1.54, 1.807) is 13.1 Å². The number of aromatic nitrogens is 2. The number of aliphatic imine (C=N–C) groups is 1. The first-order valence-corrected chi connectivity index (χ1v) is 9.92. The van der Waals surface area contributed by atoms with E-state index in [0.29, 0.717) is 24.2 Å². The molecule has 1 aromatic heterocycles. The van der Waals surface area contributed by atoms with E-state index >= 15 is 0 Å². The SMILES string of the molecule is CN=C(NCCCc1cnn(C)c1)NC(C)c1ccc(OCC2CC2)c(F)c1.I. The van der Waals surface area contributed by atoms with Crippen molar-refractivity contribution in [2.24, 2.45) is 18.0 Å². The standard InChI is InChI=1S/C21H30FN5O.HI/c1-15(18-8-9-20(19(22)11-18)28-14-16-6-7-16)26-21(23-2)24-10-4-5-17-12-25-27(3)13-17;/h8-9,11-13,15-16H,4-7,10,14H2,1-3H3,(H2,23,24,26);1H. The van der Waals surface area contributed by atoms with Gasteiger partial charge < -0.3 is 15.4 Å². The summed E-state index contributed by atoms with van der Waals surface area (Å²) < 4.78 is 21.7. The molecule has 160 valence electrons. The highest BCUT2D eigenvalue weighted by Crippen LogP contribution is 2.30. The van der Waals surface area contributed by atoms with E-state index in [1.165, 1.54) is 24.5 Å². The van der Waals surface area contributed by atoms with Crippen molar-refractivity contribution in [3.8, 4) is 5.75 Å². The van der Waals surface area contributed by atoms with Crippen LogP contribution in [0.25, 0.3) is 0 Å². The van der Waals surface area contributed by atoms with E-state index in [-0.39, 0.29) is 35.8 Å². The topological polar surface area (TPSA) is 63.5 Å². The van der Waals surface area contributed by atoms with Gasteiger partial charge in [-0.15, -0.1) is 24.0 Å². The summed E-state index contributed by atoms with van der Waals surface area (Å²) in [6.07, 6.45) is 8.23. The maximum absolute atomic E-state index is 14.3. The lowest BCUT2D eigenvalue weighted by Crippen LogP contribution is -2.39. The van der Waals surface area contributed by atoms with Gasteiger partial charge in [0.05, 0.1) is 18.8 Å². The first kappa shape index (κ1) is 23.4. The molecule has 29 heavy (non-hydrogen) atoms. The molecule has 1 heterocycles. The van der Waals surface area contributed by atoms with Crippen molar-refractivity contribution >= 4 is 29.9 Å². The fourth-order valence-corrected chi connectivity index (χ4v) is 2.98. The normalized spacial score (nSPS) is 14.8. The summed E-state index contributed by atoms with van der Waals surface area (Å²) in [6, 6.07) is 5.08. The third-order valence-electron chi connectivity index (χ3n) is 4.90. The van der Waals surface area contributed by atoms with Crippen LogP contribution in [0.1, 0.15) is 43.4 Å². The van der Waals surface area contributed by atoms with E-state index < -0.39 is 0 Å². The molecule has 0 bridgehead atoms.